The van der Waals surface area contributed by atoms with Crippen LogP contribution in [0.1, 0.15) is 11.4 Å². The van der Waals surface area contributed by atoms with Gasteiger partial charge in [-0.1, -0.05) is 18.2 Å². The summed E-state index contributed by atoms with van der Waals surface area (Å²) in [6, 6.07) is 9.61. The number of ether oxygens (including phenoxy) is 1. The van der Waals surface area contributed by atoms with Crippen LogP contribution < -0.4 is 11.1 Å². The van der Waals surface area contributed by atoms with Crippen LogP contribution in [-0.2, 0) is 11.3 Å². The molecule has 2 rings (SSSR count). The molecule has 0 aliphatic rings. The number of nitrogen functional groups attached to an aromatic ring is 1. The first-order valence-corrected chi connectivity index (χ1v) is 5.64. The fourth-order valence-electron chi connectivity index (χ4n) is 1.72. The summed E-state index contributed by atoms with van der Waals surface area (Å²) in [4.78, 5) is 8.32. The Balaban J connectivity index is 2.27. The van der Waals surface area contributed by atoms with E-state index < -0.39 is 0 Å². The van der Waals surface area contributed by atoms with E-state index in [0.29, 0.717) is 24.1 Å². The first-order valence-electron chi connectivity index (χ1n) is 5.64. The number of para-hydroxylation sites is 1. The van der Waals surface area contributed by atoms with E-state index in [1.807, 2.05) is 31.2 Å². The predicted molar refractivity (Wildman–Crippen MR) is 71.6 cm³/mol. The van der Waals surface area contributed by atoms with Crippen molar-refractivity contribution in [2.75, 3.05) is 18.2 Å². The van der Waals surface area contributed by atoms with Crippen molar-refractivity contribution in [1.29, 1.82) is 0 Å². The Morgan fingerprint density at radius 2 is 2.06 bits per heavy atom. The lowest BCUT2D eigenvalue weighted by Gasteiger charge is -2.11. The summed E-state index contributed by atoms with van der Waals surface area (Å²) in [5.41, 5.74) is 7.71. The number of anilines is 3. The molecule has 0 fully saturated rings. The molecule has 0 saturated carbocycles. The SMILES string of the molecule is COCc1ccccc1Nc1cc(N)nc(C)n1. The zero-order valence-electron chi connectivity index (χ0n) is 10.5. The average molecular weight is 244 g/mol. The highest BCUT2D eigenvalue weighted by molar-refractivity contribution is 5.62. The van der Waals surface area contributed by atoms with Gasteiger partial charge in [0.1, 0.15) is 17.5 Å². The van der Waals surface area contributed by atoms with Gasteiger partial charge in [-0.3, -0.25) is 0 Å². The van der Waals surface area contributed by atoms with Gasteiger partial charge in [0.2, 0.25) is 0 Å². The number of rotatable bonds is 4. The molecule has 18 heavy (non-hydrogen) atoms. The molecule has 5 nitrogen and oxygen atoms in total. The molecule has 1 aromatic carbocycles. The van der Waals surface area contributed by atoms with E-state index in [-0.39, 0.29) is 0 Å². The molecule has 2 aromatic rings. The second-order valence-electron chi connectivity index (χ2n) is 3.94. The molecule has 0 saturated heterocycles. The first-order chi connectivity index (χ1) is 8.69. The summed E-state index contributed by atoms with van der Waals surface area (Å²) in [7, 11) is 1.67. The Hall–Kier alpha value is -2.14. The van der Waals surface area contributed by atoms with Crippen LogP contribution in [0.2, 0.25) is 0 Å². The Morgan fingerprint density at radius 3 is 2.78 bits per heavy atom. The minimum atomic E-state index is 0.453. The minimum absolute atomic E-state index is 0.453. The molecule has 0 aliphatic heterocycles. The third kappa shape index (κ3) is 2.95. The summed E-state index contributed by atoms with van der Waals surface area (Å²) < 4.78 is 5.16. The molecule has 94 valence electrons. The topological polar surface area (TPSA) is 73.1 Å². The largest absolute Gasteiger partial charge is 0.384 e. The van der Waals surface area contributed by atoms with E-state index in [2.05, 4.69) is 15.3 Å². The maximum atomic E-state index is 5.69. The van der Waals surface area contributed by atoms with Crippen LogP contribution in [0.3, 0.4) is 0 Å². The van der Waals surface area contributed by atoms with E-state index in [1.54, 1.807) is 13.2 Å². The highest BCUT2D eigenvalue weighted by atomic mass is 16.5. The van der Waals surface area contributed by atoms with E-state index in [9.17, 15) is 0 Å². The molecule has 1 aromatic heterocycles. The Bertz CT molecular complexity index is 522. The molecular weight excluding hydrogens is 228 g/mol. The summed E-state index contributed by atoms with van der Waals surface area (Å²) in [5, 5.41) is 3.23. The van der Waals surface area contributed by atoms with Crippen LogP contribution in [0.15, 0.2) is 30.3 Å². The molecule has 0 amide bonds. The van der Waals surface area contributed by atoms with Crippen molar-refractivity contribution in [3.8, 4) is 0 Å². The van der Waals surface area contributed by atoms with E-state index in [0.717, 1.165) is 11.3 Å². The van der Waals surface area contributed by atoms with Crippen LogP contribution in [-0.4, -0.2) is 17.1 Å². The standard InChI is InChI=1S/C13H16N4O/c1-9-15-12(14)7-13(16-9)17-11-6-4-3-5-10(11)8-18-2/h3-7H,8H2,1-2H3,(H3,14,15,16,17). The maximum absolute atomic E-state index is 5.69. The van der Waals surface area contributed by atoms with Gasteiger partial charge in [0.15, 0.2) is 0 Å². The molecule has 0 atom stereocenters. The number of hydrogen-bond donors (Lipinski definition) is 2. The minimum Gasteiger partial charge on any atom is -0.384 e. The second-order valence-corrected chi connectivity index (χ2v) is 3.94. The Labute approximate surface area is 106 Å². The number of benzene rings is 1. The predicted octanol–water partition coefficient (Wildman–Crippen LogP) is 2.26. The normalized spacial score (nSPS) is 10.3. The van der Waals surface area contributed by atoms with Crippen molar-refractivity contribution in [2.45, 2.75) is 13.5 Å². The zero-order chi connectivity index (χ0) is 13.0. The third-order valence-electron chi connectivity index (χ3n) is 2.44. The summed E-state index contributed by atoms with van der Waals surface area (Å²) in [5.74, 6) is 1.78. The number of nitrogens with zero attached hydrogens (tertiary/aromatic N) is 2. The number of nitrogens with one attached hydrogen (secondary N) is 1. The maximum Gasteiger partial charge on any atom is 0.136 e. The van der Waals surface area contributed by atoms with Crippen LogP contribution in [0, 0.1) is 6.92 Å². The zero-order valence-corrected chi connectivity index (χ0v) is 10.5. The molecule has 3 N–H and O–H groups in total. The van der Waals surface area contributed by atoms with Gasteiger partial charge in [0.25, 0.3) is 0 Å². The third-order valence-corrected chi connectivity index (χ3v) is 2.44. The van der Waals surface area contributed by atoms with Crippen molar-refractivity contribution in [3.63, 3.8) is 0 Å². The lowest BCUT2D eigenvalue weighted by atomic mass is 10.2. The number of methoxy groups -OCH3 is 1. The molecule has 0 unspecified atom stereocenters. The molecule has 0 aliphatic carbocycles. The van der Waals surface area contributed by atoms with Crippen molar-refractivity contribution < 1.29 is 4.74 Å². The first kappa shape index (κ1) is 12.3. The van der Waals surface area contributed by atoms with Gasteiger partial charge in [-0.25, -0.2) is 9.97 Å². The van der Waals surface area contributed by atoms with Crippen LogP contribution in [0.4, 0.5) is 17.3 Å². The van der Waals surface area contributed by atoms with Crippen LogP contribution >= 0.6 is 0 Å². The molecule has 0 radical (unpaired) electrons. The fourth-order valence-corrected chi connectivity index (χ4v) is 1.72. The van der Waals surface area contributed by atoms with Crippen molar-refractivity contribution in [3.05, 3.63) is 41.7 Å². The number of aromatic nitrogens is 2. The highest BCUT2D eigenvalue weighted by Crippen LogP contribution is 2.21. The van der Waals surface area contributed by atoms with E-state index in [1.165, 1.54) is 0 Å². The summed E-state index contributed by atoms with van der Waals surface area (Å²) >= 11 is 0. The highest BCUT2D eigenvalue weighted by Gasteiger charge is 2.04. The van der Waals surface area contributed by atoms with Crippen LogP contribution in [0.25, 0.3) is 0 Å². The summed E-state index contributed by atoms with van der Waals surface area (Å²) in [6.07, 6.45) is 0. The van der Waals surface area contributed by atoms with Gasteiger partial charge in [0, 0.05) is 24.4 Å². The van der Waals surface area contributed by atoms with Gasteiger partial charge in [-0.2, -0.15) is 0 Å². The van der Waals surface area contributed by atoms with Gasteiger partial charge in [0.05, 0.1) is 6.61 Å². The van der Waals surface area contributed by atoms with Gasteiger partial charge in [-0.05, 0) is 13.0 Å². The summed E-state index contributed by atoms with van der Waals surface area (Å²) in [6.45, 7) is 2.35. The Morgan fingerprint density at radius 1 is 1.28 bits per heavy atom. The molecule has 5 heteroatoms. The van der Waals surface area contributed by atoms with Crippen LogP contribution in [0.5, 0.6) is 0 Å². The van der Waals surface area contributed by atoms with Gasteiger partial charge in [-0.15, -0.1) is 0 Å². The Kier molecular flexibility index (Phi) is 3.74. The fraction of sp³-hybridized carbons (Fsp3) is 0.231. The van der Waals surface area contributed by atoms with Crippen molar-refractivity contribution in [1.82, 2.24) is 9.97 Å². The molecule has 1 heterocycles. The second kappa shape index (κ2) is 5.46. The lowest BCUT2D eigenvalue weighted by Crippen LogP contribution is -2.02. The molecule has 0 bridgehead atoms. The molecule has 0 spiro atoms. The van der Waals surface area contributed by atoms with E-state index in [4.69, 9.17) is 10.5 Å². The van der Waals surface area contributed by atoms with Gasteiger partial charge >= 0.3 is 0 Å². The number of aryl methyl sites for hydroxylation is 1. The lowest BCUT2D eigenvalue weighted by molar-refractivity contribution is 0.185. The molecular formula is C13H16N4O. The number of hydrogen-bond acceptors (Lipinski definition) is 5. The van der Waals surface area contributed by atoms with Gasteiger partial charge < -0.3 is 15.8 Å². The van der Waals surface area contributed by atoms with E-state index >= 15 is 0 Å². The quantitative estimate of drug-likeness (QED) is 0.863. The van der Waals surface area contributed by atoms with Crippen molar-refractivity contribution >= 4 is 17.3 Å². The number of nitrogens with two attached hydrogens (primary N) is 1. The van der Waals surface area contributed by atoms with Crippen molar-refractivity contribution in [2.24, 2.45) is 0 Å². The smallest absolute Gasteiger partial charge is 0.136 e. The monoisotopic (exact) mass is 244 g/mol. The average Bonchev–Trinajstić information content (AvgIpc) is 2.30.